The van der Waals surface area contributed by atoms with Crippen LogP contribution in [0.25, 0.3) is 0 Å². The molecule has 0 saturated carbocycles. The second kappa shape index (κ2) is 7.15. The van der Waals surface area contributed by atoms with Crippen molar-refractivity contribution in [3.05, 3.63) is 57.9 Å². The van der Waals surface area contributed by atoms with E-state index < -0.39 is 11.0 Å². The molecule has 0 bridgehead atoms. The molecule has 1 heterocycles. The normalized spacial score (nSPS) is 12.5. The van der Waals surface area contributed by atoms with Gasteiger partial charge >= 0.3 is 5.69 Å². The Hall–Kier alpha value is -2.25. The Labute approximate surface area is 128 Å². The average molecular weight is 304 g/mol. The molecule has 0 spiro atoms. The molecule has 0 aliphatic carbocycles. The van der Waals surface area contributed by atoms with Gasteiger partial charge in [0.05, 0.1) is 17.6 Å². The van der Waals surface area contributed by atoms with Crippen molar-refractivity contribution in [3.8, 4) is 0 Å². The molecular formula is C15H20N4O3. The molecule has 0 fully saturated rings. The first-order valence-corrected chi connectivity index (χ1v) is 7.03. The molecule has 0 aliphatic rings. The van der Waals surface area contributed by atoms with Gasteiger partial charge in [-0.3, -0.25) is 19.7 Å². The number of nitrogens with zero attached hydrogens (tertiary/aromatic N) is 4. The lowest BCUT2D eigenvalue weighted by Crippen LogP contribution is -2.31. The molecule has 2 aromatic rings. The summed E-state index contributed by atoms with van der Waals surface area (Å²) in [7, 11) is 1.93. The second-order valence-electron chi connectivity index (χ2n) is 5.51. The molecule has 1 N–H and O–H groups in total. The zero-order chi connectivity index (χ0) is 16.1. The number of aromatic nitrogens is 2. The van der Waals surface area contributed by atoms with Crippen LogP contribution < -0.4 is 0 Å². The van der Waals surface area contributed by atoms with Gasteiger partial charge in [-0.15, -0.1) is 0 Å². The van der Waals surface area contributed by atoms with Crippen LogP contribution in [0.3, 0.4) is 0 Å². The van der Waals surface area contributed by atoms with Gasteiger partial charge in [-0.25, -0.2) is 0 Å². The van der Waals surface area contributed by atoms with Gasteiger partial charge in [-0.1, -0.05) is 29.8 Å². The second-order valence-corrected chi connectivity index (χ2v) is 5.51. The van der Waals surface area contributed by atoms with Crippen LogP contribution in [0.2, 0.25) is 0 Å². The summed E-state index contributed by atoms with van der Waals surface area (Å²) < 4.78 is 1.39. The molecule has 1 aromatic heterocycles. The Kier molecular flexibility index (Phi) is 5.24. The third-order valence-electron chi connectivity index (χ3n) is 3.32. The summed E-state index contributed by atoms with van der Waals surface area (Å²) in [6.07, 6.45) is 1.86. The highest BCUT2D eigenvalue weighted by Gasteiger charge is 2.13. The van der Waals surface area contributed by atoms with E-state index in [1.54, 1.807) is 0 Å². The van der Waals surface area contributed by atoms with Crippen LogP contribution in [0.5, 0.6) is 0 Å². The van der Waals surface area contributed by atoms with Crippen LogP contribution >= 0.6 is 0 Å². The summed E-state index contributed by atoms with van der Waals surface area (Å²) >= 11 is 0. The van der Waals surface area contributed by atoms with Crippen molar-refractivity contribution in [2.24, 2.45) is 0 Å². The smallest absolute Gasteiger partial charge is 0.306 e. The quantitative estimate of drug-likeness (QED) is 0.620. The molecule has 1 unspecified atom stereocenters. The SMILES string of the molecule is Cc1ccc(CN(C)CC(O)Cn2cc([N+](=O)[O-])cn2)cc1. The monoisotopic (exact) mass is 304 g/mol. The van der Waals surface area contributed by atoms with Crippen LogP contribution in [-0.2, 0) is 13.1 Å². The lowest BCUT2D eigenvalue weighted by atomic mass is 10.1. The largest absolute Gasteiger partial charge is 0.390 e. The van der Waals surface area contributed by atoms with Crippen LogP contribution in [0.4, 0.5) is 5.69 Å². The summed E-state index contributed by atoms with van der Waals surface area (Å²) in [4.78, 5) is 12.1. The maximum absolute atomic E-state index is 10.6. The Balaban J connectivity index is 1.83. The fourth-order valence-corrected chi connectivity index (χ4v) is 2.25. The Morgan fingerprint density at radius 1 is 1.41 bits per heavy atom. The first-order valence-electron chi connectivity index (χ1n) is 7.03. The van der Waals surface area contributed by atoms with Gasteiger partial charge in [0.1, 0.15) is 12.4 Å². The van der Waals surface area contributed by atoms with Crippen LogP contribution in [0.15, 0.2) is 36.7 Å². The summed E-state index contributed by atoms with van der Waals surface area (Å²) in [5.41, 5.74) is 2.32. The van der Waals surface area contributed by atoms with Gasteiger partial charge in [0.15, 0.2) is 0 Å². The minimum absolute atomic E-state index is 0.0693. The van der Waals surface area contributed by atoms with Gasteiger partial charge in [0, 0.05) is 13.1 Å². The number of aliphatic hydroxyl groups is 1. The van der Waals surface area contributed by atoms with E-state index in [0.29, 0.717) is 6.54 Å². The first-order chi connectivity index (χ1) is 10.4. The molecule has 0 radical (unpaired) electrons. The lowest BCUT2D eigenvalue weighted by molar-refractivity contribution is -0.385. The molecule has 0 amide bonds. The van der Waals surface area contributed by atoms with Crippen molar-refractivity contribution >= 4 is 5.69 Å². The number of nitro groups is 1. The van der Waals surface area contributed by atoms with Gasteiger partial charge in [-0.2, -0.15) is 5.10 Å². The van der Waals surface area contributed by atoms with E-state index in [-0.39, 0.29) is 12.2 Å². The van der Waals surface area contributed by atoms with E-state index >= 15 is 0 Å². The first kappa shape index (κ1) is 16.1. The van der Waals surface area contributed by atoms with Crippen LogP contribution in [0.1, 0.15) is 11.1 Å². The minimum atomic E-state index is -0.644. The molecule has 0 aliphatic heterocycles. The van der Waals surface area contributed by atoms with E-state index in [0.717, 1.165) is 6.54 Å². The average Bonchev–Trinajstić information content (AvgIpc) is 2.89. The fourth-order valence-electron chi connectivity index (χ4n) is 2.25. The number of hydrogen-bond acceptors (Lipinski definition) is 5. The molecule has 22 heavy (non-hydrogen) atoms. The highest BCUT2D eigenvalue weighted by atomic mass is 16.6. The molecular weight excluding hydrogens is 284 g/mol. The number of aliphatic hydroxyl groups excluding tert-OH is 1. The fraction of sp³-hybridized carbons (Fsp3) is 0.400. The third kappa shape index (κ3) is 4.64. The number of likely N-dealkylation sites (N-methyl/N-ethyl adjacent to an activating group) is 1. The molecule has 2 rings (SSSR count). The summed E-state index contributed by atoms with van der Waals surface area (Å²) in [5.74, 6) is 0. The van der Waals surface area contributed by atoms with Gasteiger partial charge < -0.3 is 5.11 Å². The maximum Gasteiger partial charge on any atom is 0.306 e. The van der Waals surface area contributed by atoms with E-state index in [4.69, 9.17) is 0 Å². The number of hydrogen-bond donors (Lipinski definition) is 1. The molecule has 1 aromatic carbocycles. The summed E-state index contributed by atoms with van der Waals surface area (Å²) in [6.45, 7) is 3.46. The zero-order valence-electron chi connectivity index (χ0n) is 12.7. The zero-order valence-corrected chi connectivity index (χ0v) is 12.7. The van der Waals surface area contributed by atoms with E-state index in [1.165, 1.54) is 28.2 Å². The van der Waals surface area contributed by atoms with Crippen molar-refractivity contribution in [2.45, 2.75) is 26.1 Å². The number of aryl methyl sites for hydroxylation is 1. The van der Waals surface area contributed by atoms with Gasteiger partial charge in [0.2, 0.25) is 0 Å². The van der Waals surface area contributed by atoms with Crippen molar-refractivity contribution in [1.29, 1.82) is 0 Å². The molecule has 7 heteroatoms. The summed E-state index contributed by atoms with van der Waals surface area (Å²) in [5, 5.41) is 24.5. The van der Waals surface area contributed by atoms with E-state index in [9.17, 15) is 15.2 Å². The molecule has 1 atom stereocenters. The predicted octanol–water partition coefficient (Wildman–Crippen LogP) is 1.59. The van der Waals surface area contributed by atoms with Crippen molar-refractivity contribution in [3.63, 3.8) is 0 Å². The highest BCUT2D eigenvalue weighted by molar-refractivity contribution is 5.21. The highest BCUT2D eigenvalue weighted by Crippen LogP contribution is 2.09. The molecule has 0 saturated heterocycles. The van der Waals surface area contributed by atoms with Crippen LogP contribution in [-0.4, -0.2) is 44.4 Å². The predicted molar refractivity (Wildman–Crippen MR) is 82.4 cm³/mol. The number of benzene rings is 1. The Morgan fingerprint density at radius 3 is 2.68 bits per heavy atom. The van der Waals surface area contributed by atoms with Crippen molar-refractivity contribution in [1.82, 2.24) is 14.7 Å². The third-order valence-corrected chi connectivity index (χ3v) is 3.32. The van der Waals surface area contributed by atoms with Gasteiger partial charge in [0.25, 0.3) is 0 Å². The standard InChI is InChI=1S/C15H20N4O3/c1-12-3-5-13(6-4-12)8-17(2)10-15(20)11-18-9-14(7-16-18)19(21)22/h3-7,9,15,20H,8,10-11H2,1-2H3. The van der Waals surface area contributed by atoms with Crippen molar-refractivity contribution in [2.75, 3.05) is 13.6 Å². The lowest BCUT2D eigenvalue weighted by Gasteiger charge is -2.20. The molecule has 118 valence electrons. The van der Waals surface area contributed by atoms with Gasteiger partial charge in [-0.05, 0) is 19.5 Å². The maximum atomic E-state index is 10.6. The van der Waals surface area contributed by atoms with E-state index in [2.05, 4.69) is 29.4 Å². The topological polar surface area (TPSA) is 84.4 Å². The van der Waals surface area contributed by atoms with Crippen LogP contribution in [0, 0.1) is 17.0 Å². The van der Waals surface area contributed by atoms with Crippen molar-refractivity contribution < 1.29 is 10.0 Å². The summed E-state index contributed by atoms with van der Waals surface area (Å²) in [6, 6.07) is 8.25. The Bertz CT molecular complexity index is 624. The molecule has 7 nitrogen and oxygen atoms in total. The number of rotatable bonds is 7. The Morgan fingerprint density at radius 2 is 2.09 bits per heavy atom. The minimum Gasteiger partial charge on any atom is -0.390 e. The van der Waals surface area contributed by atoms with E-state index in [1.807, 2.05) is 18.9 Å².